The largest absolute Gasteiger partial charge is 0.356 e. The van der Waals surface area contributed by atoms with E-state index in [1.165, 1.54) is 80.2 Å². The minimum absolute atomic E-state index is 0.771. The number of fused-ring (bicyclic) bond motifs is 2. The van der Waals surface area contributed by atoms with E-state index in [0.29, 0.717) is 0 Å². The van der Waals surface area contributed by atoms with Crippen LogP contribution >= 0.6 is 0 Å². The molecular formula is C31H35N. The lowest BCUT2D eigenvalue weighted by Gasteiger charge is -2.22. The van der Waals surface area contributed by atoms with E-state index < -0.39 is 0 Å². The first-order valence-corrected chi connectivity index (χ1v) is 12.9. The highest BCUT2D eigenvalue weighted by Gasteiger charge is 2.39. The SMILES string of the molecule is c1cc(-c2ccc(C3CC4CCC3C4)cc2)ccc1Nc1ccc(C2CCCCC2)cc1. The van der Waals surface area contributed by atoms with Crippen LogP contribution in [0.25, 0.3) is 11.1 Å². The summed E-state index contributed by atoms with van der Waals surface area (Å²) >= 11 is 0. The van der Waals surface area contributed by atoms with E-state index >= 15 is 0 Å². The second-order valence-corrected chi connectivity index (χ2v) is 10.6. The number of benzene rings is 3. The third kappa shape index (κ3) is 4.10. The molecule has 32 heavy (non-hydrogen) atoms. The van der Waals surface area contributed by atoms with Crippen LogP contribution in [0.2, 0.25) is 0 Å². The second kappa shape index (κ2) is 8.77. The first-order valence-electron chi connectivity index (χ1n) is 12.9. The smallest absolute Gasteiger partial charge is 0.0384 e. The average molecular weight is 422 g/mol. The van der Waals surface area contributed by atoms with E-state index in [2.05, 4.69) is 78.1 Å². The van der Waals surface area contributed by atoms with Gasteiger partial charge in [-0.1, -0.05) is 74.2 Å². The van der Waals surface area contributed by atoms with Crippen LogP contribution in [0, 0.1) is 11.8 Å². The summed E-state index contributed by atoms with van der Waals surface area (Å²) in [5.74, 6) is 3.55. The lowest BCUT2D eigenvalue weighted by atomic mass is 9.83. The summed E-state index contributed by atoms with van der Waals surface area (Å²) in [5.41, 5.74) is 8.02. The van der Waals surface area contributed by atoms with Crippen molar-refractivity contribution in [3.63, 3.8) is 0 Å². The number of hydrogen-bond acceptors (Lipinski definition) is 1. The Kier molecular flexibility index (Phi) is 5.51. The van der Waals surface area contributed by atoms with Gasteiger partial charge in [0.15, 0.2) is 0 Å². The molecule has 3 saturated carbocycles. The fourth-order valence-electron chi connectivity index (χ4n) is 6.76. The highest BCUT2D eigenvalue weighted by atomic mass is 14.9. The fourth-order valence-corrected chi connectivity index (χ4v) is 6.76. The van der Waals surface area contributed by atoms with E-state index in [4.69, 9.17) is 0 Å². The van der Waals surface area contributed by atoms with Crippen molar-refractivity contribution in [2.75, 3.05) is 5.32 Å². The molecule has 0 amide bonds. The Balaban J connectivity index is 1.10. The predicted molar refractivity (Wildman–Crippen MR) is 136 cm³/mol. The zero-order chi connectivity index (χ0) is 21.3. The highest BCUT2D eigenvalue weighted by molar-refractivity contribution is 5.68. The van der Waals surface area contributed by atoms with Gasteiger partial charge in [0, 0.05) is 11.4 Å². The molecule has 0 aromatic heterocycles. The number of anilines is 2. The summed E-state index contributed by atoms with van der Waals surface area (Å²) in [5, 5.41) is 3.57. The van der Waals surface area contributed by atoms with Gasteiger partial charge in [0.25, 0.3) is 0 Å². The van der Waals surface area contributed by atoms with Crippen LogP contribution in [-0.2, 0) is 0 Å². The third-order valence-corrected chi connectivity index (χ3v) is 8.57. The molecule has 3 atom stereocenters. The zero-order valence-electron chi connectivity index (χ0n) is 19.1. The highest BCUT2D eigenvalue weighted by Crippen LogP contribution is 2.52. The van der Waals surface area contributed by atoms with Gasteiger partial charge < -0.3 is 5.32 Å². The molecule has 0 saturated heterocycles. The van der Waals surface area contributed by atoms with E-state index in [-0.39, 0.29) is 0 Å². The van der Waals surface area contributed by atoms with E-state index in [0.717, 1.165) is 29.4 Å². The summed E-state index contributed by atoms with van der Waals surface area (Å²) in [6, 6.07) is 27.5. The minimum atomic E-state index is 0.771. The van der Waals surface area contributed by atoms with Gasteiger partial charge in [-0.05, 0) is 102 Å². The molecule has 164 valence electrons. The molecule has 3 aliphatic carbocycles. The standard InChI is InChI=1S/C31H35N/c1-2-4-23(5-3-1)25-12-16-29(17-13-25)32-30-18-14-26(15-19-30)24-8-10-27(11-9-24)31-21-22-6-7-28(31)20-22/h8-19,22-23,28,31-32H,1-7,20-21H2. The van der Waals surface area contributed by atoms with E-state index in [9.17, 15) is 0 Å². The second-order valence-electron chi connectivity index (χ2n) is 10.6. The molecule has 0 spiro atoms. The van der Waals surface area contributed by atoms with Gasteiger partial charge in [-0.3, -0.25) is 0 Å². The quantitative estimate of drug-likeness (QED) is 0.433. The lowest BCUT2D eigenvalue weighted by molar-refractivity contribution is 0.420. The maximum atomic E-state index is 3.57. The van der Waals surface area contributed by atoms with Gasteiger partial charge in [0.05, 0.1) is 0 Å². The average Bonchev–Trinajstić information content (AvgIpc) is 3.50. The Morgan fingerprint density at radius 3 is 1.72 bits per heavy atom. The predicted octanol–water partition coefficient (Wildman–Crippen LogP) is 9.05. The normalized spacial score (nSPS) is 25.2. The van der Waals surface area contributed by atoms with Crippen molar-refractivity contribution in [1.29, 1.82) is 0 Å². The van der Waals surface area contributed by atoms with Gasteiger partial charge in [-0.2, -0.15) is 0 Å². The summed E-state index contributed by atoms with van der Waals surface area (Å²) in [4.78, 5) is 0. The van der Waals surface area contributed by atoms with Crippen molar-refractivity contribution in [2.45, 2.75) is 69.6 Å². The molecule has 3 unspecified atom stereocenters. The molecule has 1 heteroatoms. The first kappa shape index (κ1) is 20.1. The molecule has 3 aliphatic rings. The van der Waals surface area contributed by atoms with Gasteiger partial charge in [0.2, 0.25) is 0 Å². The van der Waals surface area contributed by atoms with Crippen LogP contribution in [0.15, 0.2) is 72.8 Å². The molecule has 0 radical (unpaired) electrons. The molecule has 6 rings (SSSR count). The van der Waals surface area contributed by atoms with Gasteiger partial charge >= 0.3 is 0 Å². The van der Waals surface area contributed by atoms with E-state index in [1.807, 2.05) is 0 Å². The monoisotopic (exact) mass is 421 g/mol. The third-order valence-electron chi connectivity index (χ3n) is 8.57. The summed E-state index contributed by atoms with van der Waals surface area (Å²) in [7, 11) is 0. The van der Waals surface area contributed by atoms with Crippen molar-refractivity contribution < 1.29 is 0 Å². The topological polar surface area (TPSA) is 12.0 Å². The molecule has 1 nitrogen and oxygen atoms in total. The maximum absolute atomic E-state index is 3.57. The maximum Gasteiger partial charge on any atom is 0.0384 e. The molecule has 3 fully saturated rings. The van der Waals surface area contributed by atoms with Gasteiger partial charge in [-0.25, -0.2) is 0 Å². The lowest BCUT2D eigenvalue weighted by Crippen LogP contribution is -2.08. The van der Waals surface area contributed by atoms with Crippen LogP contribution in [0.3, 0.4) is 0 Å². The molecule has 1 N–H and O–H groups in total. The van der Waals surface area contributed by atoms with Crippen LogP contribution in [0.1, 0.15) is 80.8 Å². The summed E-state index contributed by atoms with van der Waals surface area (Å²) in [6.45, 7) is 0. The molecular weight excluding hydrogens is 386 g/mol. The number of rotatable bonds is 5. The van der Waals surface area contributed by atoms with Crippen LogP contribution < -0.4 is 5.32 Å². The van der Waals surface area contributed by atoms with Crippen LogP contribution in [0.5, 0.6) is 0 Å². The molecule has 2 bridgehead atoms. The van der Waals surface area contributed by atoms with E-state index in [1.54, 1.807) is 5.56 Å². The summed E-state index contributed by atoms with van der Waals surface area (Å²) < 4.78 is 0. The Hall–Kier alpha value is -2.54. The van der Waals surface area contributed by atoms with Gasteiger partial charge in [0.1, 0.15) is 0 Å². The summed E-state index contributed by atoms with van der Waals surface area (Å²) in [6.07, 6.45) is 12.7. The minimum Gasteiger partial charge on any atom is -0.356 e. The molecule has 3 aromatic rings. The first-order chi connectivity index (χ1) is 15.8. The molecule has 0 aliphatic heterocycles. The van der Waals surface area contributed by atoms with Crippen molar-refractivity contribution in [2.24, 2.45) is 11.8 Å². The zero-order valence-corrected chi connectivity index (χ0v) is 19.1. The number of nitrogens with one attached hydrogen (secondary N) is 1. The Morgan fingerprint density at radius 2 is 1.12 bits per heavy atom. The van der Waals surface area contributed by atoms with Crippen molar-refractivity contribution >= 4 is 11.4 Å². The van der Waals surface area contributed by atoms with Crippen molar-refractivity contribution in [1.82, 2.24) is 0 Å². The Bertz CT molecular complexity index is 1030. The molecule has 0 heterocycles. The number of hydrogen-bond donors (Lipinski definition) is 1. The van der Waals surface area contributed by atoms with Gasteiger partial charge in [-0.15, -0.1) is 0 Å². The van der Waals surface area contributed by atoms with Crippen molar-refractivity contribution in [3.05, 3.63) is 83.9 Å². The van der Waals surface area contributed by atoms with Crippen LogP contribution in [0.4, 0.5) is 11.4 Å². The van der Waals surface area contributed by atoms with Crippen LogP contribution in [-0.4, -0.2) is 0 Å². The molecule has 3 aromatic carbocycles. The Morgan fingerprint density at radius 1 is 0.531 bits per heavy atom. The fraction of sp³-hybridized carbons (Fsp3) is 0.419. The van der Waals surface area contributed by atoms with Crippen molar-refractivity contribution in [3.8, 4) is 11.1 Å². The Labute approximate surface area is 193 Å².